The van der Waals surface area contributed by atoms with Crippen LogP contribution in [0, 0.1) is 5.82 Å². The summed E-state index contributed by atoms with van der Waals surface area (Å²) in [6.07, 6.45) is 1.79. The number of rotatable bonds is 6. The van der Waals surface area contributed by atoms with Gasteiger partial charge in [-0.15, -0.1) is 0 Å². The van der Waals surface area contributed by atoms with Crippen LogP contribution in [0.2, 0.25) is 0 Å². The smallest absolute Gasteiger partial charge is 0.219 e. The molecule has 2 heterocycles. The molecule has 5 nitrogen and oxygen atoms in total. The summed E-state index contributed by atoms with van der Waals surface area (Å²) in [5, 5.41) is 3.47. The summed E-state index contributed by atoms with van der Waals surface area (Å²) in [7, 11) is 0. The van der Waals surface area contributed by atoms with Crippen LogP contribution in [-0.4, -0.2) is 53.4 Å². The predicted molar refractivity (Wildman–Crippen MR) is 98.9 cm³/mol. The highest BCUT2D eigenvalue weighted by molar-refractivity contribution is 5.73. The number of pyridine rings is 1. The van der Waals surface area contributed by atoms with Crippen LogP contribution in [0.25, 0.3) is 0 Å². The highest BCUT2D eigenvalue weighted by Crippen LogP contribution is 2.22. The Bertz CT molecular complexity index is 700. The second-order valence-corrected chi connectivity index (χ2v) is 6.56. The molecule has 1 aromatic heterocycles. The average molecular weight is 356 g/mol. The summed E-state index contributed by atoms with van der Waals surface area (Å²) >= 11 is 0. The molecule has 1 N–H and O–H groups in total. The largest absolute Gasteiger partial charge is 0.340 e. The van der Waals surface area contributed by atoms with Crippen molar-refractivity contribution >= 4 is 5.91 Å². The van der Waals surface area contributed by atoms with Gasteiger partial charge in [-0.2, -0.15) is 0 Å². The van der Waals surface area contributed by atoms with Crippen molar-refractivity contribution in [1.29, 1.82) is 0 Å². The topological polar surface area (TPSA) is 48.5 Å². The molecule has 2 aromatic rings. The van der Waals surface area contributed by atoms with Crippen LogP contribution in [0.1, 0.15) is 24.2 Å². The van der Waals surface area contributed by atoms with E-state index in [1.807, 2.05) is 35.2 Å². The number of carbonyl (C=O) groups is 1. The predicted octanol–water partition coefficient (Wildman–Crippen LogP) is 2.22. The minimum absolute atomic E-state index is 0.122. The molecule has 0 spiro atoms. The van der Waals surface area contributed by atoms with Crippen LogP contribution in [0.3, 0.4) is 0 Å². The number of carbonyl (C=O) groups excluding carboxylic acids is 1. The molecule has 1 atom stereocenters. The number of piperazine rings is 1. The number of amides is 1. The van der Waals surface area contributed by atoms with E-state index < -0.39 is 0 Å². The average Bonchev–Trinajstić information content (AvgIpc) is 2.67. The van der Waals surface area contributed by atoms with Gasteiger partial charge in [0.25, 0.3) is 0 Å². The quantitative estimate of drug-likeness (QED) is 0.862. The third kappa shape index (κ3) is 4.86. The van der Waals surface area contributed by atoms with Crippen LogP contribution in [0.4, 0.5) is 4.39 Å². The van der Waals surface area contributed by atoms with E-state index in [1.54, 1.807) is 13.1 Å². The first kappa shape index (κ1) is 18.5. The molecule has 26 heavy (non-hydrogen) atoms. The first-order chi connectivity index (χ1) is 12.6. The van der Waals surface area contributed by atoms with Crippen LogP contribution < -0.4 is 5.32 Å². The van der Waals surface area contributed by atoms with Crippen LogP contribution >= 0.6 is 0 Å². The van der Waals surface area contributed by atoms with Gasteiger partial charge in [-0.3, -0.25) is 14.7 Å². The van der Waals surface area contributed by atoms with E-state index in [2.05, 4.69) is 15.2 Å². The zero-order chi connectivity index (χ0) is 18.4. The summed E-state index contributed by atoms with van der Waals surface area (Å²) in [6, 6.07) is 12.7. The lowest BCUT2D eigenvalue weighted by molar-refractivity contribution is -0.130. The fraction of sp³-hybridized carbons (Fsp3) is 0.400. The maximum absolute atomic E-state index is 13.3. The summed E-state index contributed by atoms with van der Waals surface area (Å²) in [5.74, 6) is -0.105. The van der Waals surface area contributed by atoms with Gasteiger partial charge in [-0.1, -0.05) is 18.2 Å². The van der Waals surface area contributed by atoms with Crippen molar-refractivity contribution in [3.05, 3.63) is 65.7 Å². The molecule has 1 aliphatic rings. The van der Waals surface area contributed by atoms with Crippen molar-refractivity contribution in [2.45, 2.75) is 19.5 Å². The molecule has 1 fully saturated rings. The molecule has 1 aromatic carbocycles. The lowest BCUT2D eigenvalue weighted by Crippen LogP contribution is -2.50. The molecule has 1 saturated heterocycles. The number of halogens is 1. The van der Waals surface area contributed by atoms with Gasteiger partial charge in [-0.25, -0.2) is 4.39 Å². The van der Waals surface area contributed by atoms with Crippen molar-refractivity contribution < 1.29 is 9.18 Å². The monoisotopic (exact) mass is 356 g/mol. The molecule has 3 rings (SSSR count). The van der Waals surface area contributed by atoms with E-state index in [-0.39, 0.29) is 17.8 Å². The molecule has 1 aliphatic heterocycles. The van der Waals surface area contributed by atoms with E-state index in [1.165, 1.54) is 12.1 Å². The number of benzene rings is 1. The second kappa shape index (κ2) is 8.87. The van der Waals surface area contributed by atoms with Gasteiger partial charge < -0.3 is 10.2 Å². The molecule has 138 valence electrons. The Morgan fingerprint density at radius 3 is 2.50 bits per heavy atom. The Labute approximate surface area is 153 Å². The first-order valence-corrected chi connectivity index (χ1v) is 8.99. The maximum Gasteiger partial charge on any atom is 0.219 e. The third-order valence-electron chi connectivity index (χ3n) is 4.83. The molecule has 1 amide bonds. The zero-order valence-electron chi connectivity index (χ0n) is 15.1. The number of hydrogen-bond acceptors (Lipinski definition) is 4. The Morgan fingerprint density at radius 1 is 1.15 bits per heavy atom. The van der Waals surface area contributed by atoms with Gasteiger partial charge in [0, 0.05) is 58.4 Å². The van der Waals surface area contributed by atoms with E-state index in [9.17, 15) is 9.18 Å². The van der Waals surface area contributed by atoms with Crippen molar-refractivity contribution in [3.8, 4) is 0 Å². The molecular formula is C20H25FN4O. The van der Waals surface area contributed by atoms with Gasteiger partial charge in [0.15, 0.2) is 0 Å². The Kier molecular flexibility index (Phi) is 6.30. The normalized spacial score (nSPS) is 16.5. The van der Waals surface area contributed by atoms with E-state index in [4.69, 9.17) is 0 Å². The standard InChI is InChI=1S/C20H25FN4O/c1-16(26)24-10-12-25(13-11-24)20(17-5-7-18(21)8-6-17)15-22-14-19-4-2-3-9-23-19/h2-9,20,22H,10-15H2,1H3. The van der Waals surface area contributed by atoms with Crippen LogP contribution in [0.15, 0.2) is 48.7 Å². The minimum atomic E-state index is -0.227. The number of nitrogens with one attached hydrogen (secondary N) is 1. The SMILES string of the molecule is CC(=O)N1CCN(C(CNCc2ccccn2)c2ccc(F)cc2)CC1. The molecule has 0 bridgehead atoms. The number of aromatic nitrogens is 1. The molecule has 0 radical (unpaired) electrons. The molecule has 0 saturated carbocycles. The molecular weight excluding hydrogens is 331 g/mol. The van der Waals surface area contributed by atoms with Gasteiger partial charge in [0.1, 0.15) is 5.82 Å². The molecule has 0 aliphatic carbocycles. The summed E-state index contributed by atoms with van der Waals surface area (Å²) in [6.45, 7) is 6.12. The van der Waals surface area contributed by atoms with Gasteiger partial charge in [-0.05, 0) is 29.8 Å². The lowest BCUT2D eigenvalue weighted by Gasteiger charge is -2.39. The summed E-state index contributed by atoms with van der Waals surface area (Å²) < 4.78 is 13.3. The summed E-state index contributed by atoms with van der Waals surface area (Å²) in [5.41, 5.74) is 2.07. The van der Waals surface area contributed by atoms with E-state index in [0.717, 1.165) is 44.0 Å². The molecule has 6 heteroatoms. The van der Waals surface area contributed by atoms with Crippen LogP contribution in [0.5, 0.6) is 0 Å². The van der Waals surface area contributed by atoms with Gasteiger partial charge >= 0.3 is 0 Å². The Hall–Kier alpha value is -2.31. The fourth-order valence-corrected chi connectivity index (χ4v) is 3.33. The Balaban J connectivity index is 1.66. The van der Waals surface area contributed by atoms with E-state index >= 15 is 0 Å². The van der Waals surface area contributed by atoms with Crippen molar-refractivity contribution in [1.82, 2.24) is 20.1 Å². The molecule has 1 unspecified atom stereocenters. The number of hydrogen-bond donors (Lipinski definition) is 1. The van der Waals surface area contributed by atoms with E-state index in [0.29, 0.717) is 6.54 Å². The van der Waals surface area contributed by atoms with Gasteiger partial charge in [0.05, 0.1) is 5.69 Å². The zero-order valence-corrected chi connectivity index (χ0v) is 15.1. The minimum Gasteiger partial charge on any atom is -0.340 e. The second-order valence-electron chi connectivity index (χ2n) is 6.56. The number of nitrogens with zero attached hydrogens (tertiary/aromatic N) is 3. The highest BCUT2D eigenvalue weighted by atomic mass is 19.1. The van der Waals surface area contributed by atoms with Crippen molar-refractivity contribution in [3.63, 3.8) is 0 Å². The van der Waals surface area contributed by atoms with Crippen LogP contribution in [-0.2, 0) is 11.3 Å². The van der Waals surface area contributed by atoms with Crippen molar-refractivity contribution in [2.75, 3.05) is 32.7 Å². The summed E-state index contributed by atoms with van der Waals surface area (Å²) in [4.78, 5) is 20.1. The maximum atomic E-state index is 13.3. The third-order valence-corrected chi connectivity index (χ3v) is 4.83. The van der Waals surface area contributed by atoms with Crippen molar-refractivity contribution in [2.24, 2.45) is 0 Å². The fourth-order valence-electron chi connectivity index (χ4n) is 3.33. The van der Waals surface area contributed by atoms with Gasteiger partial charge in [0.2, 0.25) is 5.91 Å². The first-order valence-electron chi connectivity index (χ1n) is 8.99. The lowest BCUT2D eigenvalue weighted by atomic mass is 10.0. The Morgan fingerprint density at radius 2 is 1.88 bits per heavy atom. The highest BCUT2D eigenvalue weighted by Gasteiger charge is 2.25.